The van der Waals surface area contributed by atoms with Crippen molar-refractivity contribution in [2.75, 3.05) is 13.2 Å². The molecule has 0 saturated carbocycles. The summed E-state index contributed by atoms with van der Waals surface area (Å²) in [5.74, 6) is -0.987. The zero-order valence-corrected chi connectivity index (χ0v) is 53.0. The van der Waals surface area contributed by atoms with Crippen molar-refractivity contribution in [2.45, 2.75) is 322 Å². The molecule has 1 unspecified atom stereocenters. The molecule has 0 aliphatic rings. The first-order valence-electron chi connectivity index (χ1n) is 34.0. The fourth-order valence-corrected chi connectivity index (χ4v) is 9.46. The van der Waals surface area contributed by atoms with Gasteiger partial charge in [0.05, 0.1) is 0 Å². The van der Waals surface area contributed by atoms with E-state index >= 15 is 0 Å². The lowest BCUT2D eigenvalue weighted by Gasteiger charge is -2.18. The van der Waals surface area contributed by atoms with Crippen LogP contribution in [-0.2, 0) is 28.6 Å². The Morgan fingerprint density at radius 1 is 0.259 bits per heavy atom. The first kappa shape index (κ1) is 76.8. The van der Waals surface area contributed by atoms with Crippen molar-refractivity contribution in [1.29, 1.82) is 0 Å². The monoisotopic (exact) mass is 1120 g/mol. The Morgan fingerprint density at radius 3 is 0.827 bits per heavy atom. The molecule has 0 rings (SSSR count). The van der Waals surface area contributed by atoms with Gasteiger partial charge in [-0.1, -0.05) is 322 Å². The third kappa shape index (κ3) is 66.5. The first-order valence-corrected chi connectivity index (χ1v) is 34.0. The quantitative estimate of drug-likeness (QED) is 0.0261. The Balaban J connectivity index is 4.35. The molecule has 0 fully saturated rings. The van der Waals surface area contributed by atoms with Gasteiger partial charge in [0.15, 0.2) is 6.10 Å². The number of allylic oxidation sites excluding steroid dienone is 20. The number of carbonyl (C=O) groups is 3. The predicted molar refractivity (Wildman–Crippen MR) is 353 cm³/mol. The number of carbonyl (C=O) groups excluding carboxylic acids is 3. The van der Waals surface area contributed by atoms with Gasteiger partial charge in [-0.2, -0.15) is 0 Å². The van der Waals surface area contributed by atoms with E-state index in [0.717, 1.165) is 109 Å². The average Bonchev–Trinajstić information content (AvgIpc) is 3.46. The molecule has 6 heteroatoms. The lowest BCUT2D eigenvalue weighted by Crippen LogP contribution is -2.30. The Hall–Kier alpha value is -4.19. The van der Waals surface area contributed by atoms with Crippen LogP contribution in [0, 0.1) is 0 Å². The molecule has 81 heavy (non-hydrogen) atoms. The summed E-state index contributed by atoms with van der Waals surface area (Å²) in [6.07, 6.45) is 95.2. The third-order valence-electron chi connectivity index (χ3n) is 14.5. The van der Waals surface area contributed by atoms with Gasteiger partial charge in [0.2, 0.25) is 0 Å². The van der Waals surface area contributed by atoms with Crippen LogP contribution in [0.25, 0.3) is 0 Å². The number of ether oxygens (including phenoxy) is 3. The van der Waals surface area contributed by atoms with Crippen molar-refractivity contribution < 1.29 is 28.6 Å². The molecule has 0 saturated heterocycles. The Morgan fingerprint density at radius 2 is 0.506 bits per heavy atom. The maximum Gasteiger partial charge on any atom is 0.306 e. The van der Waals surface area contributed by atoms with Gasteiger partial charge < -0.3 is 14.2 Å². The smallest absolute Gasteiger partial charge is 0.306 e. The van der Waals surface area contributed by atoms with Crippen LogP contribution in [-0.4, -0.2) is 37.2 Å². The van der Waals surface area contributed by atoms with Crippen LogP contribution in [0.15, 0.2) is 122 Å². The fraction of sp³-hybridized carbons (Fsp3) is 0.693. The molecule has 0 N–H and O–H groups in total. The van der Waals surface area contributed by atoms with E-state index in [1.54, 1.807) is 0 Å². The fourth-order valence-electron chi connectivity index (χ4n) is 9.46. The van der Waals surface area contributed by atoms with Crippen LogP contribution in [0.2, 0.25) is 0 Å². The molecular weight excluding hydrogens is 997 g/mol. The van der Waals surface area contributed by atoms with Gasteiger partial charge >= 0.3 is 17.9 Å². The van der Waals surface area contributed by atoms with Crippen molar-refractivity contribution in [3.05, 3.63) is 122 Å². The van der Waals surface area contributed by atoms with Crippen LogP contribution in [0.4, 0.5) is 0 Å². The van der Waals surface area contributed by atoms with E-state index in [-0.39, 0.29) is 37.5 Å². The summed E-state index contributed by atoms with van der Waals surface area (Å²) in [5, 5.41) is 0. The van der Waals surface area contributed by atoms with Crippen molar-refractivity contribution in [3.63, 3.8) is 0 Å². The maximum absolute atomic E-state index is 12.9. The molecule has 0 aliphatic carbocycles. The molecule has 0 heterocycles. The standard InChI is InChI=1S/C75H126O6/c1-4-7-10-13-16-19-22-25-27-29-31-33-35-36-37-38-40-41-43-45-47-50-53-56-59-62-65-68-74(77)80-71-72(70-79-73(76)67-64-61-58-55-52-49-24-21-18-15-12-9-6-3)81-75(78)69-66-63-60-57-54-51-48-46-44-42-39-34-32-30-28-26-23-20-17-14-11-8-5-2/h7,9-10,12,16,18-19,21,25,27,31,33,36-37,40-41,49,52,58,61,72H,4-6,8,11,13-15,17,20,22-24,26,28-30,32,34-35,38-39,42-48,50-51,53-57,59-60,62-71H2,1-3H3/b10-7-,12-9-,19-16-,21-18-,27-25-,33-31-,37-36-,41-40-,52-49-,61-58-. The molecule has 0 aliphatic heterocycles. The Labute approximate surface area is 501 Å². The summed E-state index contributed by atoms with van der Waals surface area (Å²) in [6.45, 7) is 6.37. The number of esters is 3. The van der Waals surface area contributed by atoms with Crippen LogP contribution in [0.3, 0.4) is 0 Å². The van der Waals surface area contributed by atoms with Gasteiger partial charge in [0.1, 0.15) is 13.2 Å². The zero-order valence-electron chi connectivity index (χ0n) is 53.0. The van der Waals surface area contributed by atoms with Gasteiger partial charge in [-0.3, -0.25) is 14.4 Å². The van der Waals surface area contributed by atoms with Crippen LogP contribution in [0.1, 0.15) is 316 Å². The molecular formula is C75H126O6. The topological polar surface area (TPSA) is 78.9 Å². The summed E-state index contributed by atoms with van der Waals surface area (Å²) in [6, 6.07) is 0. The van der Waals surface area contributed by atoms with Gasteiger partial charge in [-0.15, -0.1) is 0 Å². The van der Waals surface area contributed by atoms with Crippen LogP contribution in [0.5, 0.6) is 0 Å². The molecule has 462 valence electrons. The summed E-state index contributed by atoms with van der Waals surface area (Å²) >= 11 is 0. The largest absolute Gasteiger partial charge is 0.462 e. The van der Waals surface area contributed by atoms with Gasteiger partial charge in [0, 0.05) is 19.3 Å². The molecule has 0 amide bonds. The molecule has 0 radical (unpaired) electrons. The summed E-state index contributed by atoms with van der Waals surface area (Å²) in [4.78, 5) is 38.3. The van der Waals surface area contributed by atoms with E-state index in [4.69, 9.17) is 14.2 Å². The highest BCUT2D eigenvalue weighted by molar-refractivity contribution is 5.71. The van der Waals surface area contributed by atoms with E-state index in [2.05, 4.69) is 136 Å². The first-order chi connectivity index (χ1) is 40.0. The lowest BCUT2D eigenvalue weighted by atomic mass is 10.0. The molecule has 0 bridgehead atoms. The number of rotatable bonds is 61. The van der Waals surface area contributed by atoms with Crippen molar-refractivity contribution in [1.82, 2.24) is 0 Å². The van der Waals surface area contributed by atoms with Crippen molar-refractivity contribution in [2.24, 2.45) is 0 Å². The molecule has 0 spiro atoms. The normalized spacial score (nSPS) is 12.9. The molecule has 1 atom stereocenters. The van der Waals surface area contributed by atoms with Crippen LogP contribution >= 0.6 is 0 Å². The van der Waals surface area contributed by atoms with Crippen molar-refractivity contribution >= 4 is 17.9 Å². The van der Waals surface area contributed by atoms with E-state index in [1.807, 2.05) is 6.08 Å². The average molecular weight is 1120 g/mol. The van der Waals surface area contributed by atoms with Crippen molar-refractivity contribution in [3.8, 4) is 0 Å². The summed E-state index contributed by atoms with van der Waals surface area (Å²) < 4.78 is 16.9. The minimum Gasteiger partial charge on any atom is -0.462 e. The highest BCUT2D eigenvalue weighted by Crippen LogP contribution is 2.17. The summed E-state index contributed by atoms with van der Waals surface area (Å²) in [7, 11) is 0. The number of unbranched alkanes of at least 4 members (excludes halogenated alkanes) is 30. The number of hydrogen-bond donors (Lipinski definition) is 0. The molecule has 0 aromatic carbocycles. The SMILES string of the molecule is CC/C=C\C/C=C\C/C=C\C/C=C\C/C=C\C/C=C\CCCCCCCCCCC(=O)OCC(COC(=O)CC/C=C\C/C=C\C/C=C\C/C=C\CC)OC(=O)CCCCCCCCCCCCCCCCCCCCCCCCC. The summed E-state index contributed by atoms with van der Waals surface area (Å²) in [5.41, 5.74) is 0. The molecule has 6 nitrogen and oxygen atoms in total. The Kier molecular flexibility index (Phi) is 64.8. The highest BCUT2D eigenvalue weighted by Gasteiger charge is 2.19. The van der Waals surface area contributed by atoms with Gasteiger partial charge in [-0.05, 0) is 96.3 Å². The molecule has 0 aromatic heterocycles. The second-order valence-electron chi connectivity index (χ2n) is 22.3. The third-order valence-corrected chi connectivity index (χ3v) is 14.5. The minimum atomic E-state index is -0.813. The zero-order chi connectivity index (χ0) is 58.5. The van der Waals surface area contributed by atoms with E-state index in [0.29, 0.717) is 19.3 Å². The second kappa shape index (κ2) is 68.3. The molecule has 0 aromatic rings. The van der Waals surface area contributed by atoms with E-state index in [9.17, 15) is 14.4 Å². The second-order valence-corrected chi connectivity index (χ2v) is 22.3. The minimum absolute atomic E-state index is 0.104. The lowest BCUT2D eigenvalue weighted by molar-refractivity contribution is -0.166. The predicted octanol–water partition coefficient (Wildman–Crippen LogP) is 23.6. The van der Waals surface area contributed by atoms with Gasteiger partial charge in [-0.25, -0.2) is 0 Å². The van der Waals surface area contributed by atoms with Crippen LogP contribution < -0.4 is 0 Å². The highest BCUT2D eigenvalue weighted by atomic mass is 16.6. The maximum atomic E-state index is 12.9. The Bertz CT molecular complexity index is 1670. The van der Waals surface area contributed by atoms with E-state index in [1.165, 1.54) is 161 Å². The van der Waals surface area contributed by atoms with E-state index < -0.39 is 6.10 Å². The number of hydrogen-bond acceptors (Lipinski definition) is 6. The van der Waals surface area contributed by atoms with Gasteiger partial charge in [0.25, 0.3) is 0 Å².